The third-order valence-corrected chi connectivity index (χ3v) is 3.83. The summed E-state index contributed by atoms with van der Waals surface area (Å²) in [5, 5.41) is 10.8. The fourth-order valence-corrected chi connectivity index (χ4v) is 2.67. The van der Waals surface area contributed by atoms with Crippen LogP contribution in [0.4, 0.5) is 4.39 Å². The maximum atomic E-state index is 13.3. The summed E-state index contributed by atoms with van der Waals surface area (Å²) in [6.07, 6.45) is -0.482. The first kappa shape index (κ1) is 13.4. The van der Waals surface area contributed by atoms with E-state index in [2.05, 4.69) is 0 Å². The minimum Gasteiger partial charge on any atom is -0.485 e. The zero-order chi connectivity index (χ0) is 14.3. The molecule has 2 aromatic carbocycles. The largest absolute Gasteiger partial charge is 0.485 e. The molecule has 0 saturated carbocycles. The number of ether oxygens (including phenoxy) is 1. The molecule has 0 bridgehead atoms. The molecule has 1 aliphatic rings. The van der Waals surface area contributed by atoms with Crippen molar-refractivity contribution in [3.63, 3.8) is 0 Å². The van der Waals surface area contributed by atoms with E-state index in [1.807, 2.05) is 0 Å². The van der Waals surface area contributed by atoms with E-state index < -0.39 is 6.10 Å². The maximum absolute atomic E-state index is 13.3. The summed E-state index contributed by atoms with van der Waals surface area (Å²) in [5.41, 5.74) is 2.14. The van der Waals surface area contributed by atoms with Crippen LogP contribution in [0.2, 0.25) is 5.02 Å². The van der Waals surface area contributed by atoms with Gasteiger partial charge >= 0.3 is 0 Å². The molecule has 2 nitrogen and oxygen atoms in total. The van der Waals surface area contributed by atoms with E-state index in [-0.39, 0.29) is 11.9 Å². The Morgan fingerprint density at radius 2 is 2.05 bits per heavy atom. The van der Waals surface area contributed by atoms with Gasteiger partial charge < -0.3 is 9.84 Å². The third-order valence-electron chi connectivity index (χ3n) is 3.59. The minimum absolute atomic E-state index is 0.239. The molecule has 1 heterocycles. The number of fused-ring (bicyclic) bond motifs is 1. The highest BCUT2D eigenvalue weighted by atomic mass is 35.5. The lowest BCUT2D eigenvalue weighted by Crippen LogP contribution is -2.19. The van der Waals surface area contributed by atoms with Gasteiger partial charge in [-0.15, -0.1) is 0 Å². The van der Waals surface area contributed by atoms with Gasteiger partial charge in [-0.1, -0.05) is 17.7 Å². The van der Waals surface area contributed by atoms with Crippen LogP contribution in [0.15, 0.2) is 36.4 Å². The lowest BCUT2D eigenvalue weighted by atomic mass is 9.94. The molecule has 104 valence electrons. The molecule has 2 atom stereocenters. The Hall–Kier alpha value is -1.58. The smallest absolute Gasteiger partial charge is 0.127 e. The Labute approximate surface area is 121 Å². The van der Waals surface area contributed by atoms with Crippen molar-refractivity contribution in [3.05, 3.63) is 63.9 Å². The quantitative estimate of drug-likeness (QED) is 0.847. The predicted molar refractivity (Wildman–Crippen MR) is 75.5 cm³/mol. The second-order valence-corrected chi connectivity index (χ2v) is 5.49. The SMILES string of the molecule is Cc1cc(C2C[C@@H](O)c3cc(Cl)ccc3O2)ccc1F. The number of hydrogen-bond donors (Lipinski definition) is 1. The lowest BCUT2D eigenvalue weighted by molar-refractivity contribution is 0.0657. The van der Waals surface area contributed by atoms with Gasteiger partial charge in [-0.25, -0.2) is 4.39 Å². The molecular weight excluding hydrogens is 279 g/mol. The van der Waals surface area contributed by atoms with E-state index in [9.17, 15) is 9.50 Å². The summed E-state index contributed by atoms with van der Waals surface area (Å²) in [6.45, 7) is 1.71. The number of aliphatic hydroxyl groups is 1. The Bertz CT molecular complexity index is 657. The first-order chi connectivity index (χ1) is 9.54. The van der Waals surface area contributed by atoms with Crippen molar-refractivity contribution in [1.82, 2.24) is 0 Å². The van der Waals surface area contributed by atoms with Crippen LogP contribution >= 0.6 is 11.6 Å². The van der Waals surface area contributed by atoms with Crippen LogP contribution in [0, 0.1) is 12.7 Å². The molecular formula is C16H14ClFO2. The number of rotatable bonds is 1. The Kier molecular flexibility index (Phi) is 3.40. The van der Waals surface area contributed by atoms with E-state index in [1.54, 1.807) is 37.3 Å². The van der Waals surface area contributed by atoms with Crippen LogP contribution in [-0.2, 0) is 0 Å². The summed E-state index contributed by atoms with van der Waals surface area (Å²) < 4.78 is 19.2. The maximum Gasteiger partial charge on any atom is 0.127 e. The number of benzene rings is 2. The van der Waals surface area contributed by atoms with Gasteiger partial charge in [0.05, 0.1) is 6.10 Å². The highest BCUT2D eigenvalue weighted by molar-refractivity contribution is 6.30. The fraction of sp³-hybridized carbons (Fsp3) is 0.250. The van der Waals surface area contributed by atoms with Gasteiger partial charge in [0.15, 0.2) is 0 Å². The predicted octanol–water partition coefficient (Wildman–Crippen LogP) is 4.34. The van der Waals surface area contributed by atoms with Crippen molar-refractivity contribution in [2.24, 2.45) is 0 Å². The van der Waals surface area contributed by atoms with Gasteiger partial charge in [0.2, 0.25) is 0 Å². The lowest BCUT2D eigenvalue weighted by Gasteiger charge is -2.30. The zero-order valence-electron chi connectivity index (χ0n) is 10.9. The Morgan fingerprint density at radius 1 is 1.25 bits per heavy atom. The van der Waals surface area contributed by atoms with Crippen LogP contribution in [0.1, 0.15) is 35.3 Å². The molecule has 0 aliphatic carbocycles. The van der Waals surface area contributed by atoms with E-state index >= 15 is 0 Å². The van der Waals surface area contributed by atoms with Crippen molar-refractivity contribution in [1.29, 1.82) is 0 Å². The molecule has 1 aliphatic heterocycles. The molecule has 3 rings (SSSR count). The van der Waals surface area contributed by atoms with Crippen LogP contribution in [0.25, 0.3) is 0 Å². The van der Waals surface area contributed by atoms with Crippen molar-refractivity contribution in [3.8, 4) is 5.75 Å². The normalized spacial score (nSPS) is 21.2. The number of hydrogen-bond acceptors (Lipinski definition) is 2. The molecule has 1 N–H and O–H groups in total. The minimum atomic E-state index is -0.632. The number of aryl methyl sites for hydroxylation is 1. The van der Waals surface area contributed by atoms with Crippen molar-refractivity contribution < 1.29 is 14.2 Å². The summed E-state index contributed by atoms with van der Waals surface area (Å²) in [5.74, 6) is 0.386. The van der Waals surface area contributed by atoms with Crippen LogP contribution < -0.4 is 4.74 Å². The van der Waals surface area contributed by atoms with Crippen LogP contribution in [0.3, 0.4) is 0 Å². The van der Waals surface area contributed by atoms with Crippen LogP contribution in [0.5, 0.6) is 5.75 Å². The van der Waals surface area contributed by atoms with Crippen molar-refractivity contribution in [2.45, 2.75) is 25.6 Å². The standard InChI is InChI=1S/C16H14ClFO2/c1-9-6-10(2-4-13(9)18)16-8-14(19)12-7-11(17)3-5-15(12)20-16/h2-7,14,16,19H,8H2,1H3/t14-,16?/m1/s1. The van der Waals surface area contributed by atoms with Gasteiger partial charge in [0.25, 0.3) is 0 Å². The first-order valence-corrected chi connectivity index (χ1v) is 6.82. The van der Waals surface area contributed by atoms with Gasteiger partial charge in [0, 0.05) is 17.0 Å². The molecule has 2 aromatic rings. The van der Waals surface area contributed by atoms with Crippen molar-refractivity contribution in [2.75, 3.05) is 0 Å². The van der Waals surface area contributed by atoms with Crippen LogP contribution in [-0.4, -0.2) is 5.11 Å². The molecule has 20 heavy (non-hydrogen) atoms. The van der Waals surface area contributed by atoms with Gasteiger partial charge in [0.1, 0.15) is 17.7 Å². The summed E-state index contributed by atoms with van der Waals surface area (Å²) in [7, 11) is 0. The molecule has 0 saturated heterocycles. The van der Waals surface area contributed by atoms with Gasteiger partial charge in [-0.05, 0) is 48.4 Å². The first-order valence-electron chi connectivity index (χ1n) is 6.45. The zero-order valence-corrected chi connectivity index (χ0v) is 11.7. The van der Waals surface area contributed by atoms with Gasteiger partial charge in [-0.3, -0.25) is 0 Å². The molecule has 4 heteroatoms. The van der Waals surface area contributed by atoms with E-state index in [1.165, 1.54) is 6.07 Å². The van der Waals surface area contributed by atoms with E-state index in [0.29, 0.717) is 28.3 Å². The number of aliphatic hydroxyl groups excluding tert-OH is 1. The summed E-state index contributed by atoms with van der Waals surface area (Å²) in [6, 6.07) is 10.1. The fourth-order valence-electron chi connectivity index (χ4n) is 2.49. The average Bonchev–Trinajstić information content (AvgIpc) is 2.42. The van der Waals surface area contributed by atoms with Gasteiger partial charge in [-0.2, -0.15) is 0 Å². The van der Waals surface area contributed by atoms with Crippen molar-refractivity contribution >= 4 is 11.6 Å². The molecule has 0 spiro atoms. The Balaban J connectivity index is 1.94. The molecule has 1 unspecified atom stereocenters. The number of halogens is 2. The molecule has 0 aromatic heterocycles. The molecule has 0 radical (unpaired) electrons. The summed E-state index contributed by atoms with van der Waals surface area (Å²) in [4.78, 5) is 0. The Morgan fingerprint density at radius 3 is 2.80 bits per heavy atom. The highest BCUT2D eigenvalue weighted by Crippen LogP contribution is 2.41. The van der Waals surface area contributed by atoms with E-state index in [0.717, 1.165) is 5.56 Å². The molecule has 0 fully saturated rings. The second-order valence-electron chi connectivity index (χ2n) is 5.05. The third kappa shape index (κ3) is 2.39. The average molecular weight is 293 g/mol. The monoisotopic (exact) mass is 292 g/mol. The summed E-state index contributed by atoms with van der Waals surface area (Å²) >= 11 is 5.93. The second kappa shape index (κ2) is 5.08. The topological polar surface area (TPSA) is 29.5 Å². The highest BCUT2D eigenvalue weighted by Gasteiger charge is 2.28. The molecule has 0 amide bonds. The van der Waals surface area contributed by atoms with E-state index in [4.69, 9.17) is 16.3 Å².